The molecule has 0 amide bonds. The normalized spacial score (nSPS) is 10.5. The van der Waals surface area contributed by atoms with Gasteiger partial charge in [-0.25, -0.2) is 4.98 Å². The number of rotatable bonds is 7. The minimum absolute atomic E-state index is 0.253. The van der Waals surface area contributed by atoms with Crippen molar-refractivity contribution < 1.29 is 9.47 Å². The number of halogens is 1. The zero-order valence-corrected chi connectivity index (χ0v) is 11.6. The molecule has 0 aromatic carbocycles. The van der Waals surface area contributed by atoms with E-state index in [0.29, 0.717) is 13.2 Å². The monoisotopic (exact) mass is 304 g/mol. The predicted molar refractivity (Wildman–Crippen MR) is 70.1 cm³/mol. The fraction of sp³-hybridized carbons (Fsp3) is 0.600. The molecule has 1 rings (SSSR count). The summed E-state index contributed by atoms with van der Waals surface area (Å²) in [5, 5.41) is 0. The molecular formula is C10H17BrN4O2. The second kappa shape index (κ2) is 7.41. The zero-order valence-electron chi connectivity index (χ0n) is 10.0. The molecule has 17 heavy (non-hydrogen) atoms. The van der Waals surface area contributed by atoms with Gasteiger partial charge in [-0.3, -0.25) is 0 Å². The van der Waals surface area contributed by atoms with Crippen LogP contribution < -0.4 is 10.6 Å². The maximum absolute atomic E-state index is 5.59. The number of anilines is 2. The Hall–Kier alpha value is -0.920. The first-order valence-electron chi connectivity index (χ1n) is 5.20. The molecule has 1 aromatic heterocycles. The van der Waals surface area contributed by atoms with Gasteiger partial charge in [-0.1, -0.05) is 0 Å². The first kappa shape index (κ1) is 14.1. The van der Waals surface area contributed by atoms with Crippen LogP contribution in [0.3, 0.4) is 0 Å². The van der Waals surface area contributed by atoms with Crippen molar-refractivity contribution in [1.29, 1.82) is 0 Å². The minimum Gasteiger partial charge on any atom is -0.383 e. The van der Waals surface area contributed by atoms with Crippen molar-refractivity contribution >= 4 is 27.7 Å². The standard InChI is InChI=1S/C10H17BrN4O2/c1-16-5-3-15(4-6-17-2)9-8(11)7-13-10(12)14-9/h7H,3-6H2,1-2H3,(H2,12,13,14). The van der Waals surface area contributed by atoms with Gasteiger partial charge >= 0.3 is 0 Å². The molecule has 0 bridgehead atoms. The molecule has 0 aliphatic carbocycles. The topological polar surface area (TPSA) is 73.5 Å². The maximum Gasteiger partial charge on any atom is 0.222 e. The number of ether oxygens (including phenoxy) is 2. The molecule has 0 aliphatic rings. The van der Waals surface area contributed by atoms with Crippen molar-refractivity contribution in [1.82, 2.24) is 9.97 Å². The van der Waals surface area contributed by atoms with Gasteiger partial charge < -0.3 is 20.1 Å². The highest BCUT2D eigenvalue weighted by Gasteiger charge is 2.12. The number of methoxy groups -OCH3 is 2. The van der Waals surface area contributed by atoms with Crippen LogP contribution in [0.1, 0.15) is 0 Å². The van der Waals surface area contributed by atoms with Crippen molar-refractivity contribution in [2.45, 2.75) is 0 Å². The molecular weight excluding hydrogens is 288 g/mol. The van der Waals surface area contributed by atoms with Gasteiger partial charge in [0.15, 0.2) is 0 Å². The Bertz CT molecular complexity index is 343. The van der Waals surface area contributed by atoms with Gasteiger partial charge in [-0.05, 0) is 15.9 Å². The molecule has 96 valence electrons. The molecule has 1 heterocycles. The Kier molecular flexibility index (Phi) is 6.17. The summed E-state index contributed by atoms with van der Waals surface area (Å²) in [6, 6.07) is 0. The van der Waals surface area contributed by atoms with Gasteiger partial charge in [0.2, 0.25) is 5.95 Å². The van der Waals surface area contributed by atoms with Crippen LogP contribution in [-0.2, 0) is 9.47 Å². The molecule has 1 aromatic rings. The highest BCUT2D eigenvalue weighted by atomic mass is 79.9. The lowest BCUT2D eigenvalue weighted by Crippen LogP contribution is -2.32. The molecule has 0 fully saturated rings. The van der Waals surface area contributed by atoms with Crippen molar-refractivity contribution in [3.8, 4) is 0 Å². The summed E-state index contributed by atoms with van der Waals surface area (Å²) in [5.74, 6) is 1.01. The van der Waals surface area contributed by atoms with Gasteiger partial charge in [0, 0.05) is 33.5 Å². The Morgan fingerprint density at radius 1 is 1.29 bits per heavy atom. The summed E-state index contributed by atoms with van der Waals surface area (Å²) in [6.07, 6.45) is 1.64. The number of nitrogen functional groups attached to an aromatic ring is 1. The van der Waals surface area contributed by atoms with Crippen LogP contribution in [0.4, 0.5) is 11.8 Å². The highest BCUT2D eigenvalue weighted by Crippen LogP contribution is 2.23. The Morgan fingerprint density at radius 2 is 1.88 bits per heavy atom. The van der Waals surface area contributed by atoms with E-state index in [2.05, 4.69) is 25.9 Å². The second-order valence-electron chi connectivity index (χ2n) is 3.37. The summed E-state index contributed by atoms with van der Waals surface area (Å²) in [6.45, 7) is 2.66. The summed E-state index contributed by atoms with van der Waals surface area (Å²) < 4.78 is 10.9. The van der Waals surface area contributed by atoms with Crippen LogP contribution in [0.15, 0.2) is 10.7 Å². The van der Waals surface area contributed by atoms with Gasteiger partial charge in [-0.2, -0.15) is 4.98 Å². The first-order chi connectivity index (χ1) is 8.19. The lowest BCUT2D eigenvalue weighted by atomic mass is 10.4. The number of hydrogen-bond acceptors (Lipinski definition) is 6. The van der Waals surface area contributed by atoms with Crippen LogP contribution in [0.25, 0.3) is 0 Å². The summed E-state index contributed by atoms with van der Waals surface area (Å²) in [4.78, 5) is 10.2. The van der Waals surface area contributed by atoms with E-state index in [4.69, 9.17) is 15.2 Å². The van der Waals surface area contributed by atoms with Crippen molar-refractivity contribution in [3.05, 3.63) is 10.7 Å². The fourth-order valence-electron chi connectivity index (χ4n) is 1.32. The van der Waals surface area contributed by atoms with E-state index in [1.54, 1.807) is 20.4 Å². The van der Waals surface area contributed by atoms with Gasteiger partial charge in [0.1, 0.15) is 5.82 Å². The predicted octanol–water partition coefficient (Wildman–Crippen LogP) is 0.921. The Balaban J connectivity index is 2.82. The van der Waals surface area contributed by atoms with Gasteiger partial charge in [-0.15, -0.1) is 0 Å². The number of nitrogens with two attached hydrogens (primary N) is 1. The van der Waals surface area contributed by atoms with Crippen molar-refractivity contribution in [2.24, 2.45) is 0 Å². The third-order valence-corrected chi connectivity index (χ3v) is 2.73. The largest absolute Gasteiger partial charge is 0.383 e. The molecule has 0 radical (unpaired) electrons. The zero-order chi connectivity index (χ0) is 12.7. The van der Waals surface area contributed by atoms with Crippen LogP contribution in [-0.4, -0.2) is 50.5 Å². The molecule has 0 saturated heterocycles. The average molecular weight is 305 g/mol. The van der Waals surface area contributed by atoms with E-state index in [9.17, 15) is 0 Å². The summed E-state index contributed by atoms with van der Waals surface area (Å²) >= 11 is 3.41. The van der Waals surface area contributed by atoms with Gasteiger partial charge in [0.25, 0.3) is 0 Å². The smallest absolute Gasteiger partial charge is 0.222 e. The molecule has 0 spiro atoms. The SMILES string of the molecule is COCCN(CCOC)c1nc(N)ncc1Br. The van der Waals surface area contributed by atoms with Crippen LogP contribution in [0, 0.1) is 0 Å². The van der Waals surface area contributed by atoms with E-state index in [1.165, 1.54) is 0 Å². The minimum atomic E-state index is 0.253. The van der Waals surface area contributed by atoms with Gasteiger partial charge in [0.05, 0.1) is 17.7 Å². The second-order valence-corrected chi connectivity index (χ2v) is 4.23. The van der Waals surface area contributed by atoms with Crippen LogP contribution in [0.5, 0.6) is 0 Å². The lowest BCUT2D eigenvalue weighted by molar-refractivity contribution is 0.190. The number of aromatic nitrogens is 2. The molecule has 6 nitrogen and oxygen atoms in total. The van der Waals surface area contributed by atoms with E-state index in [1.807, 2.05) is 4.90 Å². The Labute approximate surface area is 109 Å². The molecule has 7 heteroatoms. The molecule has 0 saturated carbocycles. The van der Waals surface area contributed by atoms with E-state index in [0.717, 1.165) is 23.4 Å². The van der Waals surface area contributed by atoms with Crippen LogP contribution in [0.2, 0.25) is 0 Å². The van der Waals surface area contributed by atoms with E-state index >= 15 is 0 Å². The van der Waals surface area contributed by atoms with E-state index in [-0.39, 0.29) is 5.95 Å². The third kappa shape index (κ3) is 4.45. The average Bonchev–Trinajstić information content (AvgIpc) is 2.33. The van der Waals surface area contributed by atoms with Crippen LogP contribution >= 0.6 is 15.9 Å². The fourth-order valence-corrected chi connectivity index (χ4v) is 1.76. The number of nitrogens with zero attached hydrogens (tertiary/aromatic N) is 3. The Morgan fingerprint density at radius 3 is 2.41 bits per heavy atom. The lowest BCUT2D eigenvalue weighted by Gasteiger charge is -2.23. The molecule has 0 aliphatic heterocycles. The quantitative estimate of drug-likeness (QED) is 0.807. The number of hydrogen-bond donors (Lipinski definition) is 1. The molecule has 0 atom stereocenters. The first-order valence-corrected chi connectivity index (χ1v) is 5.99. The molecule has 2 N–H and O–H groups in total. The highest BCUT2D eigenvalue weighted by molar-refractivity contribution is 9.10. The molecule has 0 unspecified atom stereocenters. The summed E-state index contributed by atoms with van der Waals surface area (Å²) in [7, 11) is 3.33. The maximum atomic E-state index is 5.59. The van der Waals surface area contributed by atoms with Crippen molar-refractivity contribution in [2.75, 3.05) is 51.2 Å². The third-order valence-electron chi connectivity index (χ3n) is 2.17. The van der Waals surface area contributed by atoms with E-state index < -0.39 is 0 Å². The van der Waals surface area contributed by atoms with Crippen molar-refractivity contribution in [3.63, 3.8) is 0 Å². The summed E-state index contributed by atoms with van der Waals surface area (Å²) in [5.41, 5.74) is 5.59.